The number of fused-ring (bicyclic) bond motifs is 1. The molecule has 0 amide bonds. The summed E-state index contributed by atoms with van der Waals surface area (Å²) < 4.78 is 8.16. The Balaban J connectivity index is 1.38. The first-order valence-corrected chi connectivity index (χ1v) is 12.1. The standard InChI is InChI=1S/C22H29N7OS/c1-15-8-10-28(11-9-15)21-26-27-22(29(21)13-16-5-4-12-30-16)31-14-19-24-18-7-3-2-6-17(18)20(23)25-19/h2-3,6-7,15-16H,4-5,8-14H2,1H3,(H2,23,24,25). The lowest BCUT2D eigenvalue weighted by atomic mass is 10.00. The van der Waals surface area contributed by atoms with E-state index in [0.29, 0.717) is 17.4 Å². The summed E-state index contributed by atoms with van der Waals surface area (Å²) in [6.45, 7) is 6.01. The minimum Gasteiger partial charge on any atom is -0.383 e. The Hall–Kier alpha value is -2.39. The van der Waals surface area contributed by atoms with Crippen molar-refractivity contribution in [3.63, 3.8) is 0 Å². The first-order valence-electron chi connectivity index (χ1n) is 11.1. The maximum absolute atomic E-state index is 6.16. The SMILES string of the molecule is CC1CCN(c2nnc(SCc3nc(N)c4ccccc4n3)n2CC2CCCO2)CC1. The van der Waals surface area contributed by atoms with Crippen molar-refractivity contribution in [1.82, 2.24) is 24.7 Å². The zero-order valence-electron chi connectivity index (χ0n) is 17.9. The number of thioether (sulfide) groups is 1. The number of ether oxygens (including phenoxy) is 1. The number of hydrogen-bond acceptors (Lipinski definition) is 8. The van der Waals surface area contributed by atoms with E-state index < -0.39 is 0 Å². The number of benzene rings is 1. The van der Waals surface area contributed by atoms with E-state index in [1.54, 1.807) is 11.8 Å². The molecule has 0 aliphatic carbocycles. The normalized spacial score (nSPS) is 20.0. The molecule has 0 radical (unpaired) electrons. The molecule has 8 nitrogen and oxygen atoms in total. The highest BCUT2D eigenvalue weighted by atomic mass is 32.2. The lowest BCUT2D eigenvalue weighted by Gasteiger charge is -2.31. The van der Waals surface area contributed by atoms with E-state index in [2.05, 4.69) is 36.6 Å². The summed E-state index contributed by atoms with van der Waals surface area (Å²) in [4.78, 5) is 11.6. The second-order valence-corrected chi connectivity index (χ2v) is 9.47. The number of nitrogens with zero attached hydrogens (tertiary/aromatic N) is 6. The molecule has 1 atom stereocenters. The van der Waals surface area contributed by atoms with Gasteiger partial charge in [-0.3, -0.25) is 4.57 Å². The fraction of sp³-hybridized carbons (Fsp3) is 0.545. The van der Waals surface area contributed by atoms with Gasteiger partial charge in [-0.25, -0.2) is 9.97 Å². The van der Waals surface area contributed by atoms with Crippen molar-refractivity contribution in [2.45, 2.75) is 56.2 Å². The summed E-state index contributed by atoms with van der Waals surface area (Å²) in [5, 5.41) is 10.9. The largest absolute Gasteiger partial charge is 0.383 e. The van der Waals surface area contributed by atoms with Crippen molar-refractivity contribution >= 4 is 34.4 Å². The van der Waals surface area contributed by atoms with Gasteiger partial charge in [0.2, 0.25) is 5.95 Å². The zero-order chi connectivity index (χ0) is 21.2. The Morgan fingerprint density at radius 2 is 1.97 bits per heavy atom. The lowest BCUT2D eigenvalue weighted by Crippen LogP contribution is -2.35. The summed E-state index contributed by atoms with van der Waals surface area (Å²) in [6.07, 6.45) is 4.82. The number of anilines is 2. The van der Waals surface area contributed by atoms with Gasteiger partial charge in [0.25, 0.3) is 0 Å². The van der Waals surface area contributed by atoms with Gasteiger partial charge in [0.1, 0.15) is 11.6 Å². The van der Waals surface area contributed by atoms with Crippen LogP contribution in [0, 0.1) is 5.92 Å². The Kier molecular flexibility index (Phi) is 5.95. The first-order chi connectivity index (χ1) is 15.2. The van der Waals surface area contributed by atoms with Crippen LogP contribution in [0.5, 0.6) is 0 Å². The maximum atomic E-state index is 6.16. The number of aromatic nitrogens is 5. The molecule has 5 rings (SSSR count). The van der Waals surface area contributed by atoms with Crippen molar-refractivity contribution in [1.29, 1.82) is 0 Å². The van der Waals surface area contributed by atoms with Crippen LogP contribution in [0.2, 0.25) is 0 Å². The molecule has 2 aromatic heterocycles. The Labute approximate surface area is 186 Å². The van der Waals surface area contributed by atoms with E-state index >= 15 is 0 Å². The molecule has 4 heterocycles. The summed E-state index contributed by atoms with van der Waals surface area (Å²) >= 11 is 1.61. The molecule has 3 aromatic rings. The molecule has 0 saturated carbocycles. The van der Waals surface area contributed by atoms with Crippen LogP contribution in [0.15, 0.2) is 29.4 Å². The molecular formula is C22H29N7OS. The topological polar surface area (TPSA) is 95.0 Å². The molecule has 2 aliphatic heterocycles. The summed E-state index contributed by atoms with van der Waals surface area (Å²) in [5.74, 6) is 3.56. The number of para-hydroxylation sites is 1. The number of piperidine rings is 1. The minimum atomic E-state index is 0.227. The Morgan fingerprint density at radius 1 is 1.13 bits per heavy atom. The van der Waals surface area contributed by atoms with E-state index in [4.69, 9.17) is 10.5 Å². The lowest BCUT2D eigenvalue weighted by molar-refractivity contribution is 0.0951. The van der Waals surface area contributed by atoms with E-state index in [1.807, 2.05) is 24.3 Å². The highest BCUT2D eigenvalue weighted by Crippen LogP contribution is 2.29. The highest BCUT2D eigenvalue weighted by molar-refractivity contribution is 7.98. The van der Waals surface area contributed by atoms with Gasteiger partial charge in [-0.05, 0) is 43.7 Å². The first kappa shape index (κ1) is 20.5. The molecule has 0 spiro atoms. The van der Waals surface area contributed by atoms with E-state index in [0.717, 1.165) is 67.0 Å². The number of hydrogen-bond donors (Lipinski definition) is 1. The molecule has 164 valence electrons. The molecule has 9 heteroatoms. The van der Waals surface area contributed by atoms with Crippen molar-refractivity contribution < 1.29 is 4.74 Å². The van der Waals surface area contributed by atoms with Gasteiger partial charge < -0.3 is 15.4 Å². The zero-order valence-corrected chi connectivity index (χ0v) is 18.7. The van der Waals surface area contributed by atoms with Crippen LogP contribution in [0.3, 0.4) is 0 Å². The second kappa shape index (κ2) is 9.00. The molecular weight excluding hydrogens is 410 g/mol. The smallest absolute Gasteiger partial charge is 0.228 e. The molecule has 2 N–H and O–H groups in total. The summed E-state index contributed by atoms with van der Waals surface area (Å²) in [7, 11) is 0. The molecule has 2 saturated heterocycles. The van der Waals surface area contributed by atoms with Gasteiger partial charge >= 0.3 is 0 Å². The number of rotatable bonds is 6. The quantitative estimate of drug-likeness (QED) is 0.583. The van der Waals surface area contributed by atoms with Gasteiger partial charge in [0.15, 0.2) is 5.16 Å². The van der Waals surface area contributed by atoms with Gasteiger partial charge in [-0.15, -0.1) is 10.2 Å². The molecule has 1 unspecified atom stereocenters. The molecule has 0 bridgehead atoms. The highest BCUT2D eigenvalue weighted by Gasteiger charge is 2.26. The van der Waals surface area contributed by atoms with Gasteiger partial charge in [-0.2, -0.15) is 0 Å². The Morgan fingerprint density at radius 3 is 2.77 bits per heavy atom. The van der Waals surface area contributed by atoms with Gasteiger partial charge in [0, 0.05) is 25.1 Å². The van der Waals surface area contributed by atoms with Crippen LogP contribution in [-0.2, 0) is 17.0 Å². The van der Waals surface area contributed by atoms with Crippen LogP contribution >= 0.6 is 11.8 Å². The van der Waals surface area contributed by atoms with Crippen molar-refractivity contribution in [2.24, 2.45) is 5.92 Å². The predicted molar refractivity (Wildman–Crippen MR) is 123 cm³/mol. The molecule has 2 fully saturated rings. The molecule has 1 aromatic carbocycles. The molecule has 31 heavy (non-hydrogen) atoms. The van der Waals surface area contributed by atoms with Crippen molar-refractivity contribution in [3.05, 3.63) is 30.1 Å². The average Bonchev–Trinajstić information content (AvgIpc) is 3.44. The van der Waals surface area contributed by atoms with Crippen LogP contribution in [0.4, 0.5) is 11.8 Å². The summed E-state index contributed by atoms with van der Waals surface area (Å²) in [6, 6.07) is 7.84. The van der Waals surface area contributed by atoms with Crippen LogP contribution in [0.25, 0.3) is 10.9 Å². The number of nitrogen functional groups attached to an aromatic ring is 1. The number of nitrogens with two attached hydrogens (primary N) is 1. The van der Waals surface area contributed by atoms with Crippen LogP contribution in [-0.4, -0.2) is 50.5 Å². The second-order valence-electron chi connectivity index (χ2n) is 8.53. The van der Waals surface area contributed by atoms with E-state index in [-0.39, 0.29) is 6.10 Å². The fourth-order valence-corrected chi connectivity index (χ4v) is 5.12. The van der Waals surface area contributed by atoms with E-state index in [1.165, 1.54) is 12.8 Å². The van der Waals surface area contributed by atoms with Crippen molar-refractivity contribution in [3.8, 4) is 0 Å². The third kappa shape index (κ3) is 4.48. The summed E-state index contributed by atoms with van der Waals surface area (Å²) in [5.41, 5.74) is 7.03. The fourth-order valence-electron chi connectivity index (χ4n) is 4.33. The van der Waals surface area contributed by atoms with Crippen LogP contribution in [0.1, 0.15) is 38.4 Å². The van der Waals surface area contributed by atoms with Crippen molar-refractivity contribution in [2.75, 3.05) is 30.3 Å². The third-order valence-corrected chi connectivity index (χ3v) is 7.15. The average molecular weight is 440 g/mol. The molecule has 2 aliphatic rings. The van der Waals surface area contributed by atoms with E-state index in [9.17, 15) is 0 Å². The third-order valence-electron chi connectivity index (χ3n) is 6.18. The maximum Gasteiger partial charge on any atom is 0.228 e. The van der Waals surface area contributed by atoms with Crippen LogP contribution < -0.4 is 10.6 Å². The Bertz CT molecular complexity index is 1040. The van der Waals surface area contributed by atoms with Gasteiger partial charge in [-0.1, -0.05) is 30.8 Å². The monoisotopic (exact) mass is 439 g/mol. The van der Waals surface area contributed by atoms with Gasteiger partial charge in [0.05, 0.1) is 23.9 Å². The minimum absolute atomic E-state index is 0.227. The predicted octanol–water partition coefficient (Wildman–Crippen LogP) is 3.51.